The minimum absolute atomic E-state index is 0.0844. The Morgan fingerprint density at radius 2 is 1.40 bits per heavy atom. The maximum Gasteiger partial charge on any atom is 0.309 e. The predicted molar refractivity (Wildman–Crippen MR) is 236 cm³/mol. The number of hydrogen-bond acceptors (Lipinski definition) is 5. The van der Waals surface area contributed by atoms with Gasteiger partial charge in [-0.25, -0.2) is 0 Å². The van der Waals surface area contributed by atoms with E-state index in [0.717, 1.165) is 50.6 Å². The van der Waals surface area contributed by atoms with Gasteiger partial charge in [0.15, 0.2) is 12.3 Å². The molecule has 60 heavy (non-hydrogen) atoms. The lowest BCUT2D eigenvalue weighted by Crippen LogP contribution is -2.36. The van der Waals surface area contributed by atoms with E-state index in [4.69, 9.17) is 16.3 Å². The van der Waals surface area contributed by atoms with Gasteiger partial charge in [0.2, 0.25) is 5.69 Å². The highest BCUT2D eigenvalue weighted by Crippen LogP contribution is 2.53. The van der Waals surface area contributed by atoms with Crippen molar-refractivity contribution < 1.29 is 29.1 Å². The molecule has 0 saturated heterocycles. The van der Waals surface area contributed by atoms with Crippen molar-refractivity contribution in [2.24, 2.45) is 0 Å². The van der Waals surface area contributed by atoms with E-state index in [-0.39, 0.29) is 25.9 Å². The number of hydrogen-bond donors (Lipinski definition) is 2. The van der Waals surface area contributed by atoms with Crippen LogP contribution in [0.2, 0.25) is 5.02 Å². The molecule has 0 aromatic heterocycles. The number of carbonyl (C=O) groups is 2. The lowest BCUT2D eigenvalue weighted by molar-refractivity contribution is -0.436. The van der Waals surface area contributed by atoms with E-state index in [9.17, 15) is 25.1 Å². The number of halogens is 1. The Balaban J connectivity index is 1.40. The first-order chi connectivity index (χ1) is 29.0. The second-order valence-corrected chi connectivity index (χ2v) is 16.0. The van der Waals surface area contributed by atoms with Crippen molar-refractivity contribution in [2.45, 2.75) is 49.9 Å². The largest absolute Gasteiger partial charge is 0.497 e. The van der Waals surface area contributed by atoms with Crippen LogP contribution in [-0.4, -0.2) is 52.6 Å². The number of anilines is 1. The zero-order chi connectivity index (χ0) is 42.3. The summed E-state index contributed by atoms with van der Waals surface area (Å²) in [5, 5.41) is 31.1. The smallest absolute Gasteiger partial charge is 0.309 e. The Morgan fingerprint density at radius 1 is 0.800 bits per heavy atom. The summed E-state index contributed by atoms with van der Waals surface area (Å²) < 4.78 is 7.71. The van der Waals surface area contributed by atoms with Crippen molar-refractivity contribution in [2.75, 3.05) is 25.1 Å². The first kappa shape index (κ1) is 41.5. The van der Waals surface area contributed by atoms with Gasteiger partial charge in [0.25, 0.3) is 0 Å². The molecule has 0 radical (unpaired) electrons. The van der Waals surface area contributed by atoms with Crippen molar-refractivity contribution >= 4 is 40.6 Å². The highest BCUT2D eigenvalue weighted by molar-refractivity contribution is 6.30. The second-order valence-electron chi connectivity index (χ2n) is 15.5. The Bertz CT molecular complexity index is 2520. The van der Waals surface area contributed by atoms with Crippen LogP contribution in [0.4, 0.5) is 11.4 Å². The highest BCUT2D eigenvalue weighted by Gasteiger charge is 2.49. The summed E-state index contributed by atoms with van der Waals surface area (Å²) in [6, 6.07) is 44.7. The van der Waals surface area contributed by atoms with Crippen molar-refractivity contribution in [3.05, 3.63) is 196 Å². The third kappa shape index (κ3) is 8.68. The van der Waals surface area contributed by atoms with Crippen LogP contribution in [-0.2, 0) is 39.7 Å². The molecule has 7 rings (SSSR count). The van der Waals surface area contributed by atoms with Crippen LogP contribution in [0.15, 0.2) is 163 Å². The number of ether oxygens (including phenoxy) is 1. The summed E-state index contributed by atoms with van der Waals surface area (Å²) in [5.41, 5.74) is 7.85. The minimum Gasteiger partial charge on any atom is -0.497 e. The summed E-state index contributed by atoms with van der Waals surface area (Å²) in [7, 11) is 1.63. The topological polar surface area (TPSA) is 114 Å². The molecule has 2 heterocycles. The van der Waals surface area contributed by atoms with Gasteiger partial charge in [0.1, 0.15) is 12.2 Å². The van der Waals surface area contributed by atoms with Crippen LogP contribution < -0.4 is 9.64 Å². The average Bonchev–Trinajstić information content (AvgIpc) is 3.62. The van der Waals surface area contributed by atoms with Crippen molar-refractivity contribution in [1.82, 2.24) is 0 Å². The number of aliphatic carboxylic acids is 2. The maximum atomic E-state index is 12.1. The van der Waals surface area contributed by atoms with Crippen molar-refractivity contribution in [3.63, 3.8) is 0 Å². The molecule has 0 fully saturated rings. The summed E-state index contributed by atoms with van der Waals surface area (Å²) >= 11 is 6.77. The van der Waals surface area contributed by atoms with Gasteiger partial charge >= 0.3 is 11.9 Å². The molecule has 0 bridgehead atoms. The lowest BCUT2D eigenvalue weighted by atomic mass is 9.70. The molecule has 0 amide bonds. The number of fused-ring (bicyclic) bond motifs is 2. The standard InChI is InChI=1S/C51H46ClN3O5/c1-50(32-36-12-6-3-7-13-36)42-31-41(60-2)21-23-44(42)54(28-26-48(56)57)46(50)24-18-39(35-53)19-25-47-51(33-37-14-8-4-9-15-37,34-38-16-10-5-11-17-38)43-30-40(52)20-22-45(43)55(47)29-27-49(58)59/h3-25,30-31H,26-29,32-34H2,1-2H3,(H-,56,57,58,59)/p+1. The summed E-state index contributed by atoms with van der Waals surface area (Å²) in [6.07, 6.45) is 9.12. The Kier molecular flexibility index (Phi) is 12.5. The molecule has 1 atom stereocenters. The zero-order valence-corrected chi connectivity index (χ0v) is 34.5. The highest BCUT2D eigenvalue weighted by atomic mass is 35.5. The molecule has 9 heteroatoms. The summed E-state index contributed by atoms with van der Waals surface area (Å²) in [4.78, 5) is 26.2. The van der Waals surface area contributed by atoms with Crippen LogP contribution >= 0.6 is 11.6 Å². The Hall–Kier alpha value is -6.69. The van der Waals surface area contributed by atoms with Crippen LogP contribution in [0.3, 0.4) is 0 Å². The molecule has 0 aliphatic carbocycles. The summed E-state index contributed by atoms with van der Waals surface area (Å²) in [5.74, 6) is -1.13. The second kappa shape index (κ2) is 18.1. The van der Waals surface area contributed by atoms with E-state index >= 15 is 0 Å². The number of carboxylic acids is 2. The molecule has 302 valence electrons. The number of carboxylic acid groups (broad SMARTS) is 2. The van der Waals surface area contributed by atoms with Gasteiger partial charge in [0, 0.05) is 46.1 Å². The molecular formula is C51H47ClN3O5+. The average molecular weight is 817 g/mol. The molecule has 5 aromatic carbocycles. The van der Waals surface area contributed by atoms with E-state index < -0.39 is 22.8 Å². The molecule has 0 saturated carbocycles. The van der Waals surface area contributed by atoms with E-state index in [1.54, 1.807) is 19.3 Å². The van der Waals surface area contributed by atoms with Gasteiger partial charge in [-0.05, 0) is 97.0 Å². The molecule has 2 aliphatic rings. The van der Waals surface area contributed by atoms with Crippen LogP contribution in [0.1, 0.15) is 47.6 Å². The number of benzene rings is 5. The van der Waals surface area contributed by atoms with E-state index in [1.165, 1.54) is 0 Å². The van der Waals surface area contributed by atoms with Gasteiger partial charge in [-0.15, -0.1) is 0 Å². The molecule has 0 spiro atoms. The molecule has 1 unspecified atom stereocenters. The molecule has 8 nitrogen and oxygen atoms in total. The van der Waals surface area contributed by atoms with Gasteiger partial charge in [-0.1, -0.05) is 103 Å². The first-order valence-corrected chi connectivity index (χ1v) is 20.4. The van der Waals surface area contributed by atoms with Crippen molar-refractivity contribution in [1.29, 1.82) is 5.26 Å². The van der Waals surface area contributed by atoms with E-state index in [2.05, 4.69) is 54.3 Å². The van der Waals surface area contributed by atoms with Gasteiger partial charge in [0.05, 0.1) is 30.6 Å². The number of nitriles is 1. The minimum atomic E-state index is -0.914. The van der Waals surface area contributed by atoms with Crippen molar-refractivity contribution in [3.8, 4) is 11.8 Å². The fraction of sp³-hybridized carbons (Fsp3) is 0.216. The number of methoxy groups -OCH3 is 1. The first-order valence-electron chi connectivity index (χ1n) is 20.0. The predicted octanol–water partition coefficient (Wildman–Crippen LogP) is 10.0. The lowest BCUT2D eigenvalue weighted by Gasteiger charge is -2.34. The van der Waals surface area contributed by atoms with Gasteiger partial charge in [-0.3, -0.25) is 9.59 Å². The molecular weight excluding hydrogens is 770 g/mol. The summed E-state index contributed by atoms with van der Waals surface area (Å²) in [6.45, 7) is 2.59. The Labute approximate surface area is 356 Å². The normalized spacial score (nSPS) is 17.5. The third-order valence-corrected chi connectivity index (χ3v) is 11.9. The SMILES string of the molecule is COc1ccc2c(c1)C(C)(Cc1ccccc1)C(/C=C/C(C#N)=C/C=C1/N(CCC(=O)O)c3ccc(Cl)cc3C1(Cc1ccccc1)Cc1ccccc1)=[N+]2CCC(=O)O. The third-order valence-electron chi connectivity index (χ3n) is 11.7. The van der Waals surface area contributed by atoms with E-state index in [1.807, 2.05) is 108 Å². The van der Waals surface area contributed by atoms with Crippen LogP contribution in [0, 0.1) is 11.3 Å². The molecule has 2 aliphatic heterocycles. The fourth-order valence-electron chi connectivity index (χ4n) is 8.94. The quantitative estimate of drug-likeness (QED) is 0.0579. The molecule has 2 N–H and O–H groups in total. The number of rotatable bonds is 16. The molecule has 5 aromatic rings. The Morgan fingerprint density at radius 3 is 1.97 bits per heavy atom. The van der Waals surface area contributed by atoms with Gasteiger partial charge in [-0.2, -0.15) is 9.84 Å². The fourth-order valence-corrected chi connectivity index (χ4v) is 9.11. The van der Waals surface area contributed by atoms with E-state index in [0.29, 0.717) is 35.6 Å². The zero-order valence-electron chi connectivity index (χ0n) is 33.7. The maximum absolute atomic E-state index is 12.1. The van der Waals surface area contributed by atoms with Gasteiger partial charge < -0.3 is 19.8 Å². The number of nitrogens with zero attached hydrogens (tertiary/aromatic N) is 3. The van der Waals surface area contributed by atoms with Crippen LogP contribution in [0.5, 0.6) is 5.75 Å². The monoisotopic (exact) mass is 816 g/mol. The van der Waals surface area contributed by atoms with Crippen LogP contribution in [0.25, 0.3) is 0 Å². The number of allylic oxidation sites excluding steroid dienone is 6.